The summed E-state index contributed by atoms with van der Waals surface area (Å²) in [7, 11) is -4.16. The highest BCUT2D eigenvalue weighted by molar-refractivity contribution is 8.24. The Kier molecular flexibility index (Phi) is 6.39. The van der Waals surface area contributed by atoms with Gasteiger partial charge < -0.3 is 9.79 Å². The topological polar surface area (TPSA) is 77.8 Å². The molecule has 1 aliphatic carbocycles. The van der Waals surface area contributed by atoms with Crippen molar-refractivity contribution in [3.8, 4) is 0 Å². The van der Waals surface area contributed by atoms with Gasteiger partial charge in [0.1, 0.15) is 4.32 Å². The molecule has 0 bridgehead atoms. The fourth-order valence-electron chi connectivity index (χ4n) is 3.34. The van der Waals surface area contributed by atoms with Gasteiger partial charge in [0.25, 0.3) is 0 Å². The van der Waals surface area contributed by atoms with Crippen LogP contribution in [0.2, 0.25) is 0 Å². The summed E-state index contributed by atoms with van der Waals surface area (Å²) in [6.45, 7) is 2.13. The Balaban J connectivity index is 1.72. The lowest BCUT2D eigenvalue weighted by atomic mass is 9.83. The Morgan fingerprint density at radius 1 is 1.33 bits per heavy atom. The van der Waals surface area contributed by atoms with Crippen LogP contribution in [0.5, 0.6) is 0 Å². The van der Waals surface area contributed by atoms with Gasteiger partial charge in [-0.15, -0.1) is 0 Å². The maximum absolute atomic E-state index is 12.6. The standard InChI is InChI=1S/C19H22NO4PS2/c1-2-13-7-8-14(16-6-4-3-5-15(13)16)9-10-17-18(21)20(19(26)27-17)11-12-25(22,23)24/h3-9,13,17H,2,10-12H2,1H3,(H2,22,23,24)/b14-9-. The minimum absolute atomic E-state index is 0.0388. The van der Waals surface area contributed by atoms with E-state index in [9.17, 15) is 9.36 Å². The average Bonchev–Trinajstić information content (AvgIpc) is 2.90. The molecule has 1 aliphatic heterocycles. The van der Waals surface area contributed by atoms with Crippen LogP contribution in [0.4, 0.5) is 0 Å². The molecule has 8 heteroatoms. The van der Waals surface area contributed by atoms with E-state index < -0.39 is 7.60 Å². The van der Waals surface area contributed by atoms with Gasteiger partial charge in [-0.2, -0.15) is 0 Å². The normalized spacial score (nSPS) is 24.0. The average molecular weight is 423 g/mol. The zero-order chi connectivity index (χ0) is 19.6. The van der Waals surface area contributed by atoms with E-state index in [0.717, 1.165) is 12.0 Å². The molecule has 27 heavy (non-hydrogen) atoms. The van der Waals surface area contributed by atoms with Crippen LogP contribution in [-0.2, 0) is 9.36 Å². The van der Waals surface area contributed by atoms with Gasteiger partial charge in [-0.3, -0.25) is 14.3 Å². The molecule has 5 nitrogen and oxygen atoms in total. The Labute approximate surface area is 168 Å². The highest BCUT2D eigenvalue weighted by Crippen LogP contribution is 2.38. The van der Waals surface area contributed by atoms with Crippen molar-refractivity contribution in [3.05, 3.63) is 53.6 Å². The number of benzene rings is 1. The summed E-state index contributed by atoms with van der Waals surface area (Å²) in [4.78, 5) is 31.9. The third kappa shape index (κ3) is 4.79. The molecule has 0 spiro atoms. The molecule has 2 atom stereocenters. The summed E-state index contributed by atoms with van der Waals surface area (Å²) in [6, 6.07) is 8.32. The van der Waals surface area contributed by atoms with Gasteiger partial charge in [0.15, 0.2) is 0 Å². The van der Waals surface area contributed by atoms with Crippen molar-refractivity contribution in [3.63, 3.8) is 0 Å². The summed E-state index contributed by atoms with van der Waals surface area (Å²) < 4.78 is 11.5. The third-order valence-electron chi connectivity index (χ3n) is 4.79. The van der Waals surface area contributed by atoms with Crippen LogP contribution in [-0.4, -0.2) is 42.9 Å². The van der Waals surface area contributed by atoms with E-state index in [1.165, 1.54) is 27.8 Å². The minimum atomic E-state index is -4.16. The zero-order valence-corrected chi connectivity index (χ0v) is 17.5. The second kappa shape index (κ2) is 8.41. The number of thioether (sulfide) groups is 1. The number of amides is 1. The first-order valence-electron chi connectivity index (χ1n) is 8.84. The van der Waals surface area contributed by atoms with Crippen LogP contribution >= 0.6 is 31.6 Å². The molecule has 0 aromatic heterocycles. The Hall–Kier alpha value is -1.24. The number of carbonyl (C=O) groups is 1. The Bertz CT molecular complexity index is 861. The summed E-state index contributed by atoms with van der Waals surface area (Å²) in [6.07, 6.45) is 7.58. The molecular formula is C19H22NO4PS2. The van der Waals surface area contributed by atoms with E-state index in [4.69, 9.17) is 22.0 Å². The molecule has 144 valence electrons. The largest absolute Gasteiger partial charge is 0.327 e. The maximum Gasteiger partial charge on any atom is 0.327 e. The predicted octanol–water partition coefficient (Wildman–Crippen LogP) is 3.93. The fraction of sp³-hybridized carbons (Fsp3) is 0.368. The minimum Gasteiger partial charge on any atom is -0.324 e. The first-order chi connectivity index (χ1) is 12.8. The van der Waals surface area contributed by atoms with Gasteiger partial charge in [0.2, 0.25) is 5.91 Å². The molecule has 2 aliphatic rings. The molecule has 0 radical (unpaired) electrons. The lowest BCUT2D eigenvalue weighted by molar-refractivity contribution is -0.125. The van der Waals surface area contributed by atoms with E-state index in [2.05, 4.69) is 37.3 Å². The number of allylic oxidation sites excluding steroid dienone is 4. The van der Waals surface area contributed by atoms with Gasteiger partial charge in [-0.05, 0) is 29.5 Å². The number of hydrogen-bond acceptors (Lipinski definition) is 4. The van der Waals surface area contributed by atoms with Crippen LogP contribution in [0.15, 0.2) is 42.5 Å². The summed E-state index contributed by atoms with van der Waals surface area (Å²) in [5.74, 6) is 0.242. The second-order valence-electron chi connectivity index (χ2n) is 6.61. The van der Waals surface area contributed by atoms with Crippen molar-refractivity contribution in [2.75, 3.05) is 12.7 Å². The SMILES string of the molecule is CCC1C=C/C(=C/CC2SC(=S)N(CCP(=O)(O)O)C2=O)c2ccccc21. The van der Waals surface area contributed by atoms with E-state index in [0.29, 0.717) is 16.7 Å². The number of hydrogen-bond donors (Lipinski definition) is 2. The molecule has 1 heterocycles. The number of rotatable bonds is 6. The van der Waals surface area contributed by atoms with E-state index >= 15 is 0 Å². The lowest BCUT2D eigenvalue weighted by Gasteiger charge is -2.21. The van der Waals surface area contributed by atoms with Crippen LogP contribution < -0.4 is 0 Å². The number of fused-ring (bicyclic) bond motifs is 1. The first kappa shape index (κ1) is 20.5. The first-order valence-corrected chi connectivity index (χ1v) is 11.9. The van der Waals surface area contributed by atoms with Gasteiger partial charge >= 0.3 is 7.60 Å². The molecule has 1 amide bonds. The van der Waals surface area contributed by atoms with Crippen LogP contribution in [0, 0.1) is 0 Å². The Morgan fingerprint density at radius 2 is 2.07 bits per heavy atom. The molecule has 2 unspecified atom stereocenters. The van der Waals surface area contributed by atoms with Gasteiger partial charge in [0, 0.05) is 12.5 Å². The number of carbonyl (C=O) groups excluding carboxylic acids is 1. The van der Waals surface area contributed by atoms with Gasteiger partial charge in [-0.1, -0.05) is 73.4 Å². The van der Waals surface area contributed by atoms with Crippen molar-refractivity contribution in [1.82, 2.24) is 4.90 Å². The van der Waals surface area contributed by atoms with Gasteiger partial charge in [-0.25, -0.2) is 0 Å². The van der Waals surface area contributed by atoms with E-state index in [-0.39, 0.29) is 23.9 Å². The smallest absolute Gasteiger partial charge is 0.324 e. The van der Waals surface area contributed by atoms with Crippen molar-refractivity contribution in [2.45, 2.75) is 30.9 Å². The molecule has 0 saturated carbocycles. The van der Waals surface area contributed by atoms with Crippen molar-refractivity contribution < 1.29 is 19.1 Å². The lowest BCUT2D eigenvalue weighted by Crippen LogP contribution is -2.33. The third-order valence-corrected chi connectivity index (χ3v) is 7.18. The number of thiocarbonyl (C=S) groups is 1. The molecular weight excluding hydrogens is 401 g/mol. The predicted molar refractivity (Wildman–Crippen MR) is 114 cm³/mol. The van der Waals surface area contributed by atoms with Crippen molar-refractivity contribution in [2.24, 2.45) is 0 Å². The van der Waals surface area contributed by atoms with Crippen molar-refractivity contribution in [1.29, 1.82) is 0 Å². The highest BCUT2D eigenvalue weighted by atomic mass is 32.2. The highest BCUT2D eigenvalue weighted by Gasteiger charge is 2.37. The molecule has 3 rings (SSSR count). The molecule has 1 fully saturated rings. The number of nitrogens with zero attached hydrogens (tertiary/aromatic N) is 1. The zero-order valence-electron chi connectivity index (χ0n) is 14.9. The van der Waals surface area contributed by atoms with Crippen LogP contribution in [0.3, 0.4) is 0 Å². The van der Waals surface area contributed by atoms with Crippen LogP contribution in [0.1, 0.15) is 36.8 Å². The molecule has 1 aromatic carbocycles. The second-order valence-corrected chi connectivity index (χ2v) is 10.2. The quantitative estimate of drug-likeness (QED) is 0.533. The Morgan fingerprint density at radius 3 is 2.78 bits per heavy atom. The summed E-state index contributed by atoms with van der Waals surface area (Å²) in [5, 5.41) is -0.341. The van der Waals surface area contributed by atoms with Crippen molar-refractivity contribution >= 4 is 47.4 Å². The molecule has 1 aromatic rings. The maximum atomic E-state index is 12.6. The molecule has 2 N–H and O–H groups in total. The monoisotopic (exact) mass is 423 g/mol. The van der Waals surface area contributed by atoms with Crippen LogP contribution in [0.25, 0.3) is 5.57 Å². The van der Waals surface area contributed by atoms with E-state index in [1.807, 2.05) is 12.1 Å². The summed E-state index contributed by atoms with van der Waals surface area (Å²) >= 11 is 6.52. The summed E-state index contributed by atoms with van der Waals surface area (Å²) in [5.41, 5.74) is 3.60. The fourth-order valence-corrected chi connectivity index (χ4v) is 5.31. The van der Waals surface area contributed by atoms with Gasteiger partial charge in [0.05, 0.1) is 11.4 Å². The van der Waals surface area contributed by atoms with E-state index in [1.54, 1.807) is 0 Å². The molecule has 1 saturated heterocycles.